The summed E-state index contributed by atoms with van der Waals surface area (Å²) in [4.78, 5) is 15.2. The summed E-state index contributed by atoms with van der Waals surface area (Å²) in [7, 11) is 0. The highest BCUT2D eigenvalue weighted by molar-refractivity contribution is 6.31. The van der Waals surface area contributed by atoms with Crippen LogP contribution in [0.5, 0.6) is 0 Å². The second kappa shape index (κ2) is 4.72. The average molecular weight is 249 g/mol. The van der Waals surface area contributed by atoms with Crippen LogP contribution in [0.1, 0.15) is 17.7 Å². The first-order valence-electron chi connectivity index (χ1n) is 5.40. The number of rotatable bonds is 3. The summed E-state index contributed by atoms with van der Waals surface area (Å²) in [5, 5.41) is 1.74. The molecule has 0 spiro atoms. The first-order chi connectivity index (χ1) is 8.06. The van der Waals surface area contributed by atoms with Gasteiger partial charge in [0.25, 0.3) is 0 Å². The maximum Gasteiger partial charge on any atom is 0.217 e. The summed E-state index contributed by atoms with van der Waals surface area (Å²) in [5.41, 5.74) is 7.99. The molecule has 0 radical (unpaired) electrons. The monoisotopic (exact) mass is 248 g/mol. The van der Waals surface area contributed by atoms with E-state index in [4.69, 9.17) is 17.3 Å². The predicted octanol–water partition coefficient (Wildman–Crippen LogP) is 2.61. The van der Waals surface area contributed by atoms with E-state index in [2.05, 4.69) is 4.98 Å². The van der Waals surface area contributed by atoms with E-state index in [0.29, 0.717) is 17.9 Å². The minimum Gasteiger partial charge on any atom is -0.370 e. The smallest absolute Gasteiger partial charge is 0.217 e. The van der Waals surface area contributed by atoms with Crippen LogP contribution in [0.2, 0.25) is 5.02 Å². The molecule has 1 amide bonds. The quantitative estimate of drug-likeness (QED) is 0.908. The molecular weight excluding hydrogens is 236 g/mol. The molecule has 2 aromatic rings. The first-order valence-corrected chi connectivity index (χ1v) is 5.78. The molecule has 0 aliphatic carbocycles. The van der Waals surface area contributed by atoms with E-state index in [1.54, 1.807) is 0 Å². The lowest BCUT2D eigenvalue weighted by molar-refractivity contribution is -0.118. The van der Waals surface area contributed by atoms with Crippen molar-refractivity contribution in [3.8, 4) is 0 Å². The lowest BCUT2D eigenvalue weighted by Gasteiger charge is -2.06. The largest absolute Gasteiger partial charge is 0.370 e. The highest BCUT2D eigenvalue weighted by Gasteiger charge is 2.04. The SMILES string of the molecule is Cc1cc(CCC(N)=O)nc2cc(Cl)ccc12. The number of carbonyl (C=O) groups excluding carboxylic acids is 1. The third kappa shape index (κ3) is 2.74. The number of hydrogen-bond donors (Lipinski definition) is 1. The summed E-state index contributed by atoms with van der Waals surface area (Å²) >= 11 is 5.94. The van der Waals surface area contributed by atoms with Crippen LogP contribution in [0.25, 0.3) is 10.9 Å². The van der Waals surface area contributed by atoms with Crippen molar-refractivity contribution in [3.63, 3.8) is 0 Å². The molecule has 1 heterocycles. The molecule has 88 valence electrons. The molecule has 1 aromatic heterocycles. The van der Waals surface area contributed by atoms with Crippen molar-refractivity contribution in [2.75, 3.05) is 0 Å². The molecule has 0 atom stereocenters. The number of aromatic nitrogens is 1. The number of nitrogens with zero attached hydrogens (tertiary/aromatic N) is 1. The van der Waals surface area contributed by atoms with Crippen molar-refractivity contribution in [3.05, 3.63) is 40.5 Å². The van der Waals surface area contributed by atoms with Gasteiger partial charge in [-0.15, -0.1) is 0 Å². The van der Waals surface area contributed by atoms with Crippen LogP contribution >= 0.6 is 11.6 Å². The summed E-state index contributed by atoms with van der Waals surface area (Å²) in [6.45, 7) is 2.02. The summed E-state index contributed by atoms with van der Waals surface area (Å²) < 4.78 is 0. The zero-order valence-corrected chi connectivity index (χ0v) is 10.3. The number of pyridine rings is 1. The number of benzene rings is 1. The Morgan fingerprint density at radius 1 is 1.41 bits per heavy atom. The molecule has 0 saturated carbocycles. The van der Waals surface area contributed by atoms with Crippen LogP contribution in [-0.4, -0.2) is 10.9 Å². The Kier molecular flexibility index (Phi) is 3.29. The molecule has 2 rings (SSSR count). The summed E-state index contributed by atoms with van der Waals surface area (Å²) in [6, 6.07) is 7.62. The Morgan fingerprint density at radius 2 is 2.18 bits per heavy atom. The molecule has 0 saturated heterocycles. The highest BCUT2D eigenvalue weighted by atomic mass is 35.5. The summed E-state index contributed by atoms with van der Waals surface area (Å²) in [6.07, 6.45) is 0.886. The van der Waals surface area contributed by atoms with E-state index in [-0.39, 0.29) is 5.91 Å². The van der Waals surface area contributed by atoms with Crippen molar-refractivity contribution in [1.29, 1.82) is 0 Å². The zero-order chi connectivity index (χ0) is 12.4. The standard InChI is InChI=1S/C13H13ClN2O/c1-8-6-10(3-5-13(15)17)16-12-7-9(14)2-4-11(8)12/h2,4,6-7H,3,5H2,1H3,(H2,15,17). The Hall–Kier alpha value is -1.61. The van der Waals surface area contributed by atoms with Gasteiger partial charge in [-0.3, -0.25) is 9.78 Å². The van der Waals surface area contributed by atoms with Gasteiger partial charge in [0.15, 0.2) is 0 Å². The fraction of sp³-hybridized carbons (Fsp3) is 0.231. The molecule has 2 N–H and O–H groups in total. The normalized spacial score (nSPS) is 10.7. The van der Waals surface area contributed by atoms with E-state index in [1.807, 2.05) is 31.2 Å². The van der Waals surface area contributed by atoms with Crippen molar-refractivity contribution in [1.82, 2.24) is 4.98 Å². The van der Waals surface area contributed by atoms with Gasteiger partial charge in [-0.05, 0) is 37.1 Å². The van der Waals surface area contributed by atoms with Gasteiger partial charge in [0.2, 0.25) is 5.91 Å². The van der Waals surface area contributed by atoms with Crippen molar-refractivity contribution in [2.45, 2.75) is 19.8 Å². The maximum absolute atomic E-state index is 10.7. The third-order valence-corrected chi connectivity index (χ3v) is 2.89. The minimum atomic E-state index is -0.310. The number of primary amides is 1. The van der Waals surface area contributed by atoms with Crippen LogP contribution in [0.4, 0.5) is 0 Å². The van der Waals surface area contributed by atoms with Gasteiger partial charge in [-0.2, -0.15) is 0 Å². The van der Waals surface area contributed by atoms with E-state index in [0.717, 1.165) is 22.2 Å². The van der Waals surface area contributed by atoms with Crippen molar-refractivity contribution < 1.29 is 4.79 Å². The highest BCUT2D eigenvalue weighted by Crippen LogP contribution is 2.21. The molecule has 0 fully saturated rings. The number of nitrogens with two attached hydrogens (primary N) is 1. The first kappa shape index (κ1) is 11.9. The van der Waals surface area contributed by atoms with Gasteiger partial charge in [0, 0.05) is 22.5 Å². The average Bonchev–Trinajstić information content (AvgIpc) is 2.25. The lowest BCUT2D eigenvalue weighted by atomic mass is 10.1. The van der Waals surface area contributed by atoms with E-state index < -0.39 is 0 Å². The summed E-state index contributed by atoms with van der Waals surface area (Å²) in [5.74, 6) is -0.310. The second-order valence-electron chi connectivity index (χ2n) is 4.06. The van der Waals surface area contributed by atoms with Crippen LogP contribution < -0.4 is 5.73 Å². The molecule has 1 aromatic carbocycles. The van der Waals surface area contributed by atoms with E-state index in [9.17, 15) is 4.79 Å². The van der Waals surface area contributed by atoms with Gasteiger partial charge < -0.3 is 5.73 Å². The second-order valence-corrected chi connectivity index (χ2v) is 4.49. The maximum atomic E-state index is 10.7. The molecule has 0 aliphatic heterocycles. The Morgan fingerprint density at radius 3 is 2.88 bits per heavy atom. The minimum absolute atomic E-state index is 0.310. The van der Waals surface area contributed by atoms with Crippen molar-refractivity contribution >= 4 is 28.4 Å². The van der Waals surface area contributed by atoms with Gasteiger partial charge in [0.1, 0.15) is 0 Å². The van der Waals surface area contributed by atoms with Gasteiger partial charge in [-0.25, -0.2) is 0 Å². The third-order valence-electron chi connectivity index (χ3n) is 2.66. The lowest BCUT2D eigenvalue weighted by Crippen LogP contribution is -2.11. The fourth-order valence-electron chi connectivity index (χ4n) is 1.82. The molecule has 0 bridgehead atoms. The molecule has 17 heavy (non-hydrogen) atoms. The number of fused-ring (bicyclic) bond motifs is 1. The number of hydrogen-bond acceptors (Lipinski definition) is 2. The van der Waals surface area contributed by atoms with E-state index >= 15 is 0 Å². The van der Waals surface area contributed by atoms with Gasteiger partial charge >= 0.3 is 0 Å². The molecule has 0 unspecified atom stereocenters. The number of aryl methyl sites for hydroxylation is 2. The Balaban J connectivity index is 2.42. The molecule has 0 aliphatic rings. The van der Waals surface area contributed by atoms with Crippen molar-refractivity contribution in [2.24, 2.45) is 5.73 Å². The van der Waals surface area contributed by atoms with Crippen LogP contribution in [0, 0.1) is 6.92 Å². The molecule has 4 heteroatoms. The van der Waals surface area contributed by atoms with Gasteiger partial charge in [-0.1, -0.05) is 17.7 Å². The number of carbonyl (C=O) groups is 1. The Labute approximate surface area is 105 Å². The topological polar surface area (TPSA) is 56.0 Å². The van der Waals surface area contributed by atoms with Gasteiger partial charge in [0.05, 0.1) is 5.52 Å². The number of amides is 1. The zero-order valence-electron chi connectivity index (χ0n) is 9.53. The molecular formula is C13H13ClN2O. The molecule has 3 nitrogen and oxygen atoms in total. The van der Waals surface area contributed by atoms with E-state index in [1.165, 1.54) is 0 Å². The Bertz CT molecular complexity index is 581. The van der Waals surface area contributed by atoms with Crippen LogP contribution in [0.15, 0.2) is 24.3 Å². The number of halogens is 1. The van der Waals surface area contributed by atoms with Crippen LogP contribution in [-0.2, 0) is 11.2 Å². The van der Waals surface area contributed by atoms with Crippen LogP contribution in [0.3, 0.4) is 0 Å². The fourth-order valence-corrected chi connectivity index (χ4v) is 1.99. The predicted molar refractivity (Wildman–Crippen MR) is 69.0 cm³/mol.